The molecule has 4 nitrogen and oxygen atoms in total. The maximum Gasteiger partial charge on any atom is 0.325 e. The Labute approximate surface area is 123 Å². The lowest BCUT2D eigenvalue weighted by molar-refractivity contribution is -0.127. The maximum absolute atomic E-state index is 12.3. The Kier molecular flexibility index (Phi) is 4.70. The molecule has 20 heavy (non-hydrogen) atoms. The van der Waals surface area contributed by atoms with E-state index in [2.05, 4.69) is 5.32 Å². The second-order valence-corrected chi connectivity index (χ2v) is 6.12. The van der Waals surface area contributed by atoms with E-state index in [4.69, 9.17) is 0 Å². The van der Waals surface area contributed by atoms with Gasteiger partial charge in [0.05, 0.1) is 6.54 Å². The van der Waals surface area contributed by atoms with Gasteiger partial charge < -0.3 is 5.32 Å². The van der Waals surface area contributed by atoms with E-state index in [0.29, 0.717) is 13.0 Å². The first-order valence-electron chi connectivity index (χ1n) is 6.70. The van der Waals surface area contributed by atoms with Gasteiger partial charge in [-0.05, 0) is 43.4 Å². The second kappa shape index (κ2) is 6.31. The summed E-state index contributed by atoms with van der Waals surface area (Å²) >= 11 is 1.68. The molecule has 108 valence electrons. The van der Waals surface area contributed by atoms with Crippen molar-refractivity contribution >= 4 is 23.7 Å². The second-order valence-electron chi connectivity index (χ2n) is 5.14. The van der Waals surface area contributed by atoms with Crippen LogP contribution in [0.1, 0.15) is 23.1 Å². The number of benzene rings is 1. The van der Waals surface area contributed by atoms with Crippen LogP contribution in [-0.4, -0.2) is 34.9 Å². The van der Waals surface area contributed by atoms with Crippen LogP contribution in [0.3, 0.4) is 0 Å². The van der Waals surface area contributed by atoms with Crippen molar-refractivity contribution < 1.29 is 9.59 Å². The Morgan fingerprint density at radius 3 is 2.75 bits per heavy atom. The Bertz CT molecular complexity index is 531. The summed E-state index contributed by atoms with van der Waals surface area (Å²) in [5.41, 5.74) is 3.26. The van der Waals surface area contributed by atoms with Gasteiger partial charge in [-0.1, -0.05) is 23.8 Å². The largest absolute Gasteiger partial charge is 0.326 e. The minimum atomic E-state index is -0.361. The number of nitrogens with one attached hydrogen (secondary N) is 1. The van der Waals surface area contributed by atoms with E-state index < -0.39 is 0 Å². The van der Waals surface area contributed by atoms with E-state index in [1.807, 2.05) is 38.3 Å². The number of carbonyl (C=O) groups is 2. The molecular formula is C15H20N2O2S. The van der Waals surface area contributed by atoms with Crippen LogP contribution < -0.4 is 5.32 Å². The molecule has 1 aromatic carbocycles. The lowest BCUT2D eigenvalue weighted by atomic mass is 10.1. The smallest absolute Gasteiger partial charge is 0.325 e. The van der Waals surface area contributed by atoms with Gasteiger partial charge in [0.25, 0.3) is 5.91 Å². The number of hydrogen-bond acceptors (Lipinski definition) is 3. The Hall–Kier alpha value is -1.49. The van der Waals surface area contributed by atoms with Gasteiger partial charge in [-0.15, -0.1) is 0 Å². The Morgan fingerprint density at radius 2 is 2.05 bits per heavy atom. The molecule has 1 fully saturated rings. The molecule has 1 aliphatic rings. The van der Waals surface area contributed by atoms with Gasteiger partial charge in [-0.2, -0.15) is 11.8 Å². The Balaban J connectivity index is 2.11. The van der Waals surface area contributed by atoms with Crippen LogP contribution in [-0.2, 0) is 11.3 Å². The fourth-order valence-electron chi connectivity index (χ4n) is 2.30. The van der Waals surface area contributed by atoms with Crippen molar-refractivity contribution in [2.75, 3.05) is 12.0 Å². The van der Waals surface area contributed by atoms with Crippen LogP contribution in [0.5, 0.6) is 0 Å². The first-order valence-corrected chi connectivity index (χ1v) is 8.09. The molecule has 1 aromatic rings. The van der Waals surface area contributed by atoms with Gasteiger partial charge in [0, 0.05) is 0 Å². The number of rotatable bonds is 5. The zero-order valence-electron chi connectivity index (χ0n) is 12.1. The summed E-state index contributed by atoms with van der Waals surface area (Å²) in [4.78, 5) is 25.5. The molecule has 0 unspecified atom stereocenters. The highest BCUT2D eigenvalue weighted by molar-refractivity contribution is 7.98. The highest BCUT2D eigenvalue weighted by Gasteiger charge is 2.37. The van der Waals surface area contributed by atoms with Crippen molar-refractivity contribution in [3.8, 4) is 0 Å². The van der Waals surface area contributed by atoms with Crippen LogP contribution in [0.25, 0.3) is 0 Å². The third-order valence-electron chi connectivity index (χ3n) is 3.55. The number of urea groups is 1. The van der Waals surface area contributed by atoms with Crippen molar-refractivity contribution in [3.05, 3.63) is 34.9 Å². The van der Waals surface area contributed by atoms with Crippen LogP contribution in [0, 0.1) is 13.8 Å². The molecule has 3 amide bonds. The van der Waals surface area contributed by atoms with Crippen LogP contribution in [0.15, 0.2) is 18.2 Å². The fraction of sp³-hybridized carbons (Fsp3) is 0.467. The van der Waals surface area contributed by atoms with E-state index in [1.54, 1.807) is 11.8 Å². The van der Waals surface area contributed by atoms with E-state index in [1.165, 1.54) is 4.90 Å². The standard InChI is InChI=1S/C15H20N2O2S/c1-10-4-5-11(2)12(8-10)9-17-14(18)13(6-7-20-3)16-15(17)19/h4-5,8,13H,6-7,9H2,1-3H3,(H,16,19)/t13-/m0/s1. The summed E-state index contributed by atoms with van der Waals surface area (Å²) in [7, 11) is 0. The lowest BCUT2D eigenvalue weighted by Crippen LogP contribution is -2.31. The number of imide groups is 1. The molecule has 1 atom stereocenters. The first-order chi connectivity index (χ1) is 9.52. The van der Waals surface area contributed by atoms with Crippen LogP contribution in [0.4, 0.5) is 4.79 Å². The summed E-state index contributed by atoms with van der Waals surface area (Å²) < 4.78 is 0. The third-order valence-corrected chi connectivity index (χ3v) is 4.19. The van der Waals surface area contributed by atoms with Crippen LogP contribution in [0.2, 0.25) is 0 Å². The predicted molar refractivity (Wildman–Crippen MR) is 81.8 cm³/mol. The van der Waals surface area contributed by atoms with Gasteiger partial charge in [-0.3, -0.25) is 9.69 Å². The molecule has 0 bridgehead atoms. The van der Waals surface area contributed by atoms with Gasteiger partial charge in [0.1, 0.15) is 6.04 Å². The lowest BCUT2D eigenvalue weighted by Gasteiger charge is -2.15. The van der Waals surface area contributed by atoms with Crippen LogP contribution >= 0.6 is 11.8 Å². The molecule has 0 radical (unpaired) electrons. The average Bonchev–Trinajstić information content (AvgIpc) is 2.68. The van der Waals surface area contributed by atoms with Crippen molar-refractivity contribution in [2.24, 2.45) is 0 Å². The van der Waals surface area contributed by atoms with Gasteiger partial charge in [0.15, 0.2) is 0 Å². The molecule has 0 spiro atoms. The number of hydrogen-bond donors (Lipinski definition) is 1. The van der Waals surface area contributed by atoms with Crippen molar-refractivity contribution in [1.82, 2.24) is 10.2 Å². The third kappa shape index (κ3) is 3.15. The molecule has 0 saturated carbocycles. The number of thioether (sulfide) groups is 1. The summed E-state index contributed by atoms with van der Waals surface area (Å²) in [6.45, 7) is 4.36. The summed E-state index contributed by atoms with van der Waals surface area (Å²) in [5, 5.41) is 2.77. The van der Waals surface area contributed by atoms with Crippen molar-refractivity contribution in [3.63, 3.8) is 0 Å². The zero-order chi connectivity index (χ0) is 14.7. The topological polar surface area (TPSA) is 49.4 Å². The van der Waals surface area contributed by atoms with Crippen molar-refractivity contribution in [1.29, 1.82) is 0 Å². The number of aryl methyl sites for hydroxylation is 2. The molecule has 1 saturated heterocycles. The molecule has 1 aliphatic heterocycles. The maximum atomic E-state index is 12.3. The van der Waals surface area contributed by atoms with Gasteiger partial charge in [-0.25, -0.2) is 4.79 Å². The number of amides is 3. The molecule has 0 aliphatic carbocycles. The highest BCUT2D eigenvalue weighted by Crippen LogP contribution is 2.18. The van der Waals surface area contributed by atoms with Gasteiger partial charge in [0.2, 0.25) is 0 Å². The molecule has 1 N–H and O–H groups in total. The molecule has 5 heteroatoms. The van der Waals surface area contributed by atoms with Crippen molar-refractivity contribution in [2.45, 2.75) is 32.9 Å². The molecular weight excluding hydrogens is 272 g/mol. The fourth-order valence-corrected chi connectivity index (χ4v) is 2.77. The highest BCUT2D eigenvalue weighted by atomic mass is 32.2. The quantitative estimate of drug-likeness (QED) is 0.848. The molecule has 0 aromatic heterocycles. The van der Waals surface area contributed by atoms with E-state index in [0.717, 1.165) is 22.4 Å². The Morgan fingerprint density at radius 1 is 1.30 bits per heavy atom. The number of nitrogens with zero attached hydrogens (tertiary/aromatic N) is 1. The molecule has 1 heterocycles. The zero-order valence-corrected chi connectivity index (χ0v) is 12.9. The normalized spacial score (nSPS) is 18.6. The van der Waals surface area contributed by atoms with Gasteiger partial charge >= 0.3 is 6.03 Å². The average molecular weight is 292 g/mol. The predicted octanol–water partition coefficient (Wildman–Crippen LogP) is 2.48. The number of carbonyl (C=O) groups excluding carboxylic acids is 2. The molecule has 2 rings (SSSR count). The van der Waals surface area contributed by atoms with E-state index in [9.17, 15) is 9.59 Å². The summed E-state index contributed by atoms with van der Waals surface area (Å²) in [6.07, 6.45) is 2.68. The minimum absolute atomic E-state index is 0.107. The summed E-state index contributed by atoms with van der Waals surface area (Å²) in [6, 6.07) is 5.45. The monoisotopic (exact) mass is 292 g/mol. The van der Waals surface area contributed by atoms with E-state index >= 15 is 0 Å². The first kappa shape index (κ1) is 14.9. The van der Waals surface area contributed by atoms with E-state index in [-0.39, 0.29) is 18.0 Å². The minimum Gasteiger partial charge on any atom is -0.326 e. The SMILES string of the molecule is CSCC[C@@H]1NC(=O)N(Cc2cc(C)ccc2C)C1=O. The summed E-state index contributed by atoms with van der Waals surface area (Å²) in [5.74, 6) is 0.763.